The molecule has 2 aromatic carbocycles. The third-order valence-corrected chi connectivity index (χ3v) is 5.26. The smallest absolute Gasteiger partial charge is 0.129 e. The number of phenols is 1. The third kappa shape index (κ3) is 2.62. The van der Waals surface area contributed by atoms with E-state index in [0.29, 0.717) is 12.4 Å². The lowest BCUT2D eigenvalue weighted by Gasteiger charge is -2.35. The van der Waals surface area contributed by atoms with Crippen molar-refractivity contribution in [2.45, 2.75) is 51.6 Å². The van der Waals surface area contributed by atoms with Crippen molar-refractivity contribution in [3.63, 3.8) is 0 Å². The lowest BCUT2D eigenvalue weighted by molar-refractivity contribution is 0.0827. The monoisotopic (exact) mass is 324 g/mol. The molecule has 0 fully saturated rings. The average Bonchev–Trinajstić information content (AvgIpc) is 2.55. The average molecular weight is 324 g/mol. The molecular weight excluding hydrogens is 300 g/mol. The first-order valence-corrected chi connectivity index (χ1v) is 8.69. The molecule has 1 unspecified atom stereocenters. The summed E-state index contributed by atoms with van der Waals surface area (Å²) in [6.45, 7) is 6.83. The molecule has 4 rings (SSSR count). The molecule has 0 spiro atoms. The maximum atomic E-state index is 9.98. The van der Waals surface area contributed by atoms with Crippen molar-refractivity contribution in [2.24, 2.45) is 0 Å². The van der Waals surface area contributed by atoms with E-state index in [1.54, 1.807) is 0 Å². The van der Waals surface area contributed by atoms with Gasteiger partial charge >= 0.3 is 0 Å². The predicted molar refractivity (Wildman–Crippen MR) is 94.3 cm³/mol. The second-order valence-corrected chi connectivity index (χ2v) is 7.65. The Morgan fingerprint density at radius 3 is 2.79 bits per heavy atom. The number of ether oxygens (including phenoxy) is 2. The highest BCUT2D eigenvalue weighted by Gasteiger charge is 2.32. The van der Waals surface area contributed by atoms with Gasteiger partial charge in [0.1, 0.15) is 22.8 Å². The largest absolute Gasteiger partial charge is 0.508 e. The molecule has 24 heavy (non-hydrogen) atoms. The summed E-state index contributed by atoms with van der Waals surface area (Å²) in [5, 5.41) is 9.98. The zero-order valence-corrected chi connectivity index (χ0v) is 14.6. The van der Waals surface area contributed by atoms with Crippen LogP contribution in [0.2, 0.25) is 0 Å². The Morgan fingerprint density at radius 1 is 1.17 bits per heavy atom. The quantitative estimate of drug-likeness (QED) is 0.838. The summed E-state index contributed by atoms with van der Waals surface area (Å²) in [4.78, 5) is 0. The summed E-state index contributed by atoms with van der Waals surface area (Å²) in [5.41, 5.74) is 4.41. The van der Waals surface area contributed by atoms with E-state index in [4.69, 9.17) is 9.47 Å². The van der Waals surface area contributed by atoms with Crippen LogP contribution in [0.25, 0.3) is 0 Å². The summed E-state index contributed by atoms with van der Waals surface area (Å²) in [6, 6.07) is 10.2. The molecule has 2 aromatic rings. The lowest BCUT2D eigenvalue weighted by atomic mass is 9.86. The van der Waals surface area contributed by atoms with Crippen molar-refractivity contribution in [3.05, 3.63) is 52.6 Å². The molecule has 1 N–H and O–H groups in total. The van der Waals surface area contributed by atoms with Crippen LogP contribution in [-0.4, -0.2) is 17.3 Å². The van der Waals surface area contributed by atoms with Crippen molar-refractivity contribution in [1.82, 2.24) is 0 Å². The molecular formula is C21H24O3. The molecule has 0 saturated heterocycles. The van der Waals surface area contributed by atoms with Crippen molar-refractivity contribution in [1.29, 1.82) is 0 Å². The van der Waals surface area contributed by atoms with Gasteiger partial charge < -0.3 is 14.6 Å². The zero-order chi connectivity index (χ0) is 16.9. The third-order valence-electron chi connectivity index (χ3n) is 5.26. The number of aromatic hydroxyl groups is 1. The first-order valence-electron chi connectivity index (χ1n) is 8.69. The first-order chi connectivity index (χ1) is 11.4. The van der Waals surface area contributed by atoms with Crippen LogP contribution in [0.5, 0.6) is 17.2 Å². The molecule has 2 aliphatic rings. The Labute approximate surface area is 143 Å². The number of rotatable bonds is 1. The number of phenolic OH excluding ortho intramolecular Hbond substituents is 1. The van der Waals surface area contributed by atoms with Gasteiger partial charge in [0.15, 0.2) is 0 Å². The Balaban J connectivity index is 1.63. The van der Waals surface area contributed by atoms with E-state index in [0.717, 1.165) is 41.9 Å². The van der Waals surface area contributed by atoms with Crippen molar-refractivity contribution in [3.8, 4) is 17.2 Å². The Bertz CT molecular complexity index is 792. The van der Waals surface area contributed by atoms with Gasteiger partial charge in [-0.05, 0) is 68.9 Å². The lowest BCUT2D eigenvalue weighted by Crippen LogP contribution is -2.33. The van der Waals surface area contributed by atoms with Gasteiger partial charge in [-0.1, -0.05) is 18.2 Å². The fraction of sp³-hybridized carbons (Fsp3) is 0.429. The van der Waals surface area contributed by atoms with Gasteiger partial charge in [-0.15, -0.1) is 0 Å². The summed E-state index contributed by atoms with van der Waals surface area (Å²) in [6.07, 6.45) is 2.95. The van der Waals surface area contributed by atoms with Crippen LogP contribution in [0.4, 0.5) is 0 Å². The van der Waals surface area contributed by atoms with Gasteiger partial charge in [0.2, 0.25) is 0 Å². The van der Waals surface area contributed by atoms with Crippen LogP contribution in [0.3, 0.4) is 0 Å². The van der Waals surface area contributed by atoms with E-state index in [2.05, 4.69) is 32.0 Å². The summed E-state index contributed by atoms with van der Waals surface area (Å²) < 4.78 is 12.3. The maximum absolute atomic E-state index is 9.98. The Hall–Kier alpha value is -2.16. The van der Waals surface area contributed by atoms with E-state index in [9.17, 15) is 5.11 Å². The van der Waals surface area contributed by atoms with E-state index in [-0.39, 0.29) is 11.5 Å². The van der Waals surface area contributed by atoms with Crippen LogP contribution in [0, 0.1) is 6.92 Å². The second kappa shape index (κ2) is 5.44. The number of hydrogen-bond donors (Lipinski definition) is 1. The minimum absolute atomic E-state index is 0.0993. The highest BCUT2D eigenvalue weighted by atomic mass is 16.5. The standard InChI is InChI=1S/C21H24O3/c1-13-4-5-14(11-18(13)22)16-10-15-6-7-19-17(20(15)23-12-16)8-9-21(2,3)24-19/h4-7,11,16,22H,8-10,12H2,1-3H3. The van der Waals surface area contributed by atoms with E-state index in [1.165, 1.54) is 11.1 Å². The molecule has 0 aliphatic carbocycles. The molecule has 0 aromatic heterocycles. The van der Waals surface area contributed by atoms with Crippen LogP contribution < -0.4 is 9.47 Å². The van der Waals surface area contributed by atoms with E-state index < -0.39 is 0 Å². The molecule has 0 saturated carbocycles. The normalized spacial score (nSPS) is 21.2. The van der Waals surface area contributed by atoms with Crippen LogP contribution in [0.15, 0.2) is 30.3 Å². The summed E-state index contributed by atoms with van der Waals surface area (Å²) >= 11 is 0. The fourth-order valence-corrected chi connectivity index (χ4v) is 3.71. The molecule has 126 valence electrons. The van der Waals surface area contributed by atoms with E-state index in [1.807, 2.05) is 19.1 Å². The fourth-order valence-electron chi connectivity index (χ4n) is 3.71. The summed E-state index contributed by atoms with van der Waals surface area (Å²) in [7, 11) is 0. The van der Waals surface area contributed by atoms with Gasteiger partial charge in [0.05, 0.1) is 6.61 Å². The highest BCUT2D eigenvalue weighted by molar-refractivity contribution is 5.53. The molecule has 2 aliphatic heterocycles. The van der Waals surface area contributed by atoms with E-state index >= 15 is 0 Å². The van der Waals surface area contributed by atoms with Crippen molar-refractivity contribution < 1.29 is 14.6 Å². The number of aryl methyl sites for hydroxylation is 1. The van der Waals surface area contributed by atoms with Crippen molar-refractivity contribution in [2.75, 3.05) is 6.61 Å². The number of hydrogen-bond acceptors (Lipinski definition) is 3. The van der Waals surface area contributed by atoms with Crippen LogP contribution in [0.1, 0.15) is 48.4 Å². The van der Waals surface area contributed by atoms with Gasteiger partial charge in [-0.2, -0.15) is 0 Å². The van der Waals surface area contributed by atoms with Crippen LogP contribution >= 0.6 is 0 Å². The molecule has 0 radical (unpaired) electrons. The molecule has 2 heterocycles. The Kier molecular flexibility index (Phi) is 3.48. The van der Waals surface area contributed by atoms with Crippen LogP contribution in [-0.2, 0) is 12.8 Å². The predicted octanol–water partition coefficient (Wildman–Crippen LogP) is 4.52. The van der Waals surface area contributed by atoms with Gasteiger partial charge in [0.25, 0.3) is 0 Å². The van der Waals surface area contributed by atoms with Gasteiger partial charge in [0, 0.05) is 11.5 Å². The SMILES string of the molecule is Cc1ccc(C2COc3c(ccc4c3CCC(C)(C)O4)C2)cc1O. The molecule has 3 nitrogen and oxygen atoms in total. The topological polar surface area (TPSA) is 38.7 Å². The minimum atomic E-state index is -0.0993. The highest BCUT2D eigenvalue weighted by Crippen LogP contribution is 2.44. The maximum Gasteiger partial charge on any atom is 0.129 e. The first kappa shape index (κ1) is 15.4. The Morgan fingerprint density at radius 2 is 2.00 bits per heavy atom. The van der Waals surface area contributed by atoms with Gasteiger partial charge in [-0.25, -0.2) is 0 Å². The molecule has 0 amide bonds. The number of fused-ring (bicyclic) bond motifs is 3. The second-order valence-electron chi connectivity index (χ2n) is 7.65. The minimum Gasteiger partial charge on any atom is -0.508 e. The molecule has 0 bridgehead atoms. The summed E-state index contributed by atoms with van der Waals surface area (Å²) in [5.74, 6) is 2.63. The molecule has 1 atom stereocenters. The zero-order valence-electron chi connectivity index (χ0n) is 14.6. The molecule has 3 heteroatoms. The van der Waals surface area contributed by atoms with Gasteiger partial charge in [-0.3, -0.25) is 0 Å². The number of benzene rings is 2. The van der Waals surface area contributed by atoms with Crippen molar-refractivity contribution >= 4 is 0 Å².